The number of benzene rings is 1. The fourth-order valence-corrected chi connectivity index (χ4v) is 2.06. The van der Waals surface area contributed by atoms with Crippen molar-refractivity contribution in [3.8, 4) is 6.01 Å². The Bertz CT molecular complexity index is 909. The Hall–Kier alpha value is -3.17. The molecule has 1 N–H and O–H groups in total. The number of nitrogens with zero attached hydrogens (tertiary/aromatic N) is 4. The van der Waals surface area contributed by atoms with E-state index >= 15 is 0 Å². The first-order chi connectivity index (χ1) is 10.8. The molecule has 2 aromatic heterocycles. The highest BCUT2D eigenvalue weighted by Gasteiger charge is 2.39. The summed E-state index contributed by atoms with van der Waals surface area (Å²) in [5.74, 6) is -6.02. The molecule has 1 aromatic carbocycles. The van der Waals surface area contributed by atoms with Crippen molar-refractivity contribution >= 4 is 11.5 Å². The zero-order valence-corrected chi connectivity index (χ0v) is 11.2. The molecule has 0 radical (unpaired) electrons. The lowest BCUT2D eigenvalue weighted by molar-refractivity contribution is -0.390. The molecule has 0 spiro atoms. The number of alkyl halides is 2. The van der Waals surface area contributed by atoms with Gasteiger partial charge in [-0.25, -0.2) is 4.39 Å². The molecule has 0 unspecified atom stereocenters. The monoisotopic (exact) mass is 324 g/mol. The van der Waals surface area contributed by atoms with E-state index in [1.165, 1.54) is 0 Å². The maximum Gasteiger partial charge on any atom is 0.396 e. The molecule has 0 fully saturated rings. The fraction of sp³-hybridized carbons (Fsp3) is 0.0769. The van der Waals surface area contributed by atoms with Crippen LogP contribution in [0.4, 0.5) is 19.0 Å². The van der Waals surface area contributed by atoms with Crippen LogP contribution in [0.5, 0.6) is 6.01 Å². The minimum Gasteiger partial charge on any atom is -0.462 e. The highest BCUT2D eigenvalue weighted by atomic mass is 19.3. The zero-order valence-electron chi connectivity index (χ0n) is 11.2. The second-order valence-corrected chi connectivity index (χ2v) is 4.57. The molecule has 3 rings (SSSR count). The number of hydrogen-bond donors (Lipinski definition) is 1. The van der Waals surface area contributed by atoms with Gasteiger partial charge in [0.15, 0.2) is 0 Å². The van der Waals surface area contributed by atoms with Crippen molar-refractivity contribution in [2.24, 2.45) is 0 Å². The quantitative estimate of drug-likeness (QED) is 0.590. The summed E-state index contributed by atoms with van der Waals surface area (Å²) >= 11 is 0. The van der Waals surface area contributed by atoms with Crippen LogP contribution in [0.1, 0.15) is 11.4 Å². The highest BCUT2D eigenvalue weighted by Crippen LogP contribution is 2.35. The van der Waals surface area contributed by atoms with Crippen molar-refractivity contribution in [3.63, 3.8) is 0 Å². The third kappa shape index (κ3) is 2.33. The van der Waals surface area contributed by atoms with Gasteiger partial charge in [-0.1, -0.05) is 0 Å². The van der Waals surface area contributed by atoms with Gasteiger partial charge in [-0.15, -0.1) is 4.40 Å². The van der Waals surface area contributed by atoms with Crippen LogP contribution in [0.25, 0.3) is 5.65 Å². The van der Waals surface area contributed by atoms with Crippen LogP contribution in [-0.2, 0) is 5.92 Å². The summed E-state index contributed by atoms with van der Waals surface area (Å²) in [7, 11) is 0. The van der Waals surface area contributed by atoms with Gasteiger partial charge in [0.1, 0.15) is 5.82 Å². The summed E-state index contributed by atoms with van der Waals surface area (Å²) < 4.78 is 42.3. The molecule has 0 saturated heterocycles. The minimum atomic E-state index is -3.72. The average Bonchev–Trinajstić information content (AvgIpc) is 2.92. The first kappa shape index (κ1) is 14.8. The van der Waals surface area contributed by atoms with Crippen LogP contribution in [0.2, 0.25) is 0 Å². The fourth-order valence-electron chi connectivity index (χ4n) is 2.06. The Balaban J connectivity index is 2.16. The van der Waals surface area contributed by atoms with Crippen LogP contribution in [-0.4, -0.2) is 24.4 Å². The number of halogens is 3. The topological polar surface area (TPSA) is 93.6 Å². The number of hydrogen-bond acceptors (Lipinski definition) is 5. The van der Waals surface area contributed by atoms with E-state index < -0.39 is 39.9 Å². The second-order valence-electron chi connectivity index (χ2n) is 4.57. The van der Waals surface area contributed by atoms with Crippen molar-refractivity contribution < 1.29 is 23.2 Å². The van der Waals surface area contributed by atoms with E-state index in [4.69, 9.17) is 0 Å². The Kier molecular flexibility index (Phi) is 3.17. The number of aromatic hydroxyl groups is 1. The zero-order chi connectivity index (χ0) is 16.8. The summed E-state index contributed by atoms with van der Waals surface area (Å²) in [6.07, 6.45) is 0. The van der Waals surface area contributed by atoms with Crippen LogP contribution >= 0.6 is 0 Å². The number of fused-ring (bicyclic) bond motifs is 1. The summed E-state index contributed by atoms with van der Waals surface area (Å²) in [5.41, 5.74) is -0.843. The lowest BCUT2D eigenvalue weighted by Crippen LogP contribution is -2.20. The van der Waals surface area contributed by atoms with E-state index in [-0.39, 0.29) is 5.65 Å². The molecule has 0 bridgehead atoms. The van der Waals surface area contributed by atoms with E-state index in [9.17, 15) is 28.4 Å². The van der Waals surface area contributed by atoms with Gasteiger partial charge in [-0.3, -0.25) is 0 Å². The predicted molar refractivity (Wildman–Crippen MR) is 70.7 cm³/mol. The molecular formula is C13H7F3N4O3. The minimum absolute atomic E-state index is 0.263. The SMILES string of the molecule is O=[N+]([O-])c1ccc2nc(C(F)(F)c3ccc(F)cc3)nc(O)n12. The van der Waals surface area contributed by atoms with E-state index in [1.807, 2.05) is 0 Å². The molecule has 0 atom stereocenters. The van der Waals surface area contributed by atoms with Gasteiger partial charge >= 0.3 is 17.8 Å². The average molecular weight is 324 g/mol. The first-order valence-corrected chi connectivity index (χ1v) is 6.18. The Labute approximate surface area is 125 Å². The van der Waals surface area contributed by atoms with Crippen molar-refractivity contribution in [2.45, 2.75) is 5.92 Å². The molecule has 7 nitrogen and oxygen atoms in total. The molecule has 3 aromatic rings. The van der Waals surface area contributed by atoms with Gasteiger partial charge in [0.2, 0.25) is 11.5 Å². The van der Waals surface area contributed by atoms with Gasteiger partial charge in [-0.05, 0) is 29.2 Å². The molecule has 0 aliphatic rings. The number of rotatable bonds is 3. The van der Waals surface area contributed by atoms with Crippen molar-refractivity contribution in [2.75, 3.05) is 0 Å². The standard InChI is InChI=1S/C13H7F3N4O3/c14-8-3-1-7(2-4-8)13(15,16)11-17-9-5-6-10(20(22)23)19(9)12(21)18-11/h1-6H,(H,17,18,21). The predicted octanol–water partition coefficient (Wildman–Crippen LogP) is 2.62. The molecule has 0 aliphatic carbocycles. The first-order valence-electron chi connectivity index (χ1n) is 6.18. The lowest BCUT2D eigenvalue weighted by atomic mass is 10.1. The third-order valence-corrected chi connectivity index (χ3v) is 3.14. The van der Waals surface area contributed by atoms with E-state index in [1.54, 1.807) is 0 Å². The smallest absolute Gasteiger partial charge is 0.396 e. The summed E-state index contributed by atoms with van der Waals surface area (Å²) in [4.78, 5) is 16.8. The molecule has 10 heteroatoms. The Morgan fingerprint density at radius 2 is 1.78 bits per heavy atom. The largest absolute Gasteiger partial charge is 0.462 e. The summed E-state index contributed by atoms with van der Waals surface area (Å²) in [6.45, 7) is 0. The van der Waals surface area contributed by atoms with Gasteiger partial charge in [0, 0.05) is 17.7 Å². The van der Waals surface area contributed by atoms with E-state index in [0.29, 0.717) is 4.40 Å². The maximum atomic E-state index is 14.4. The normalized spacial score (nSPS) is 11.8. The van der Waals surface area contributed by atoms with Crippen LogP contribution in [0.3, 0.4) is 0 Å². The van der Waals surface area contributed by atoms with Crippen molar-refractivity contribution in [1.29, 1.82) is 0 Å². The number of aromatic nitrogens is 3. The summed E-state index contributed by atoms with van der Waals surface area (Å²) in [5, 5.41) is 20.5. The molecule has 23 heavy (non-hydrogen) atoms. The third-order valence-electron chi connectivity index (χ3n) is 3.14. The lowest BCUT2D eigenvalue weighted by Gasteiger charge is -2.14. The molecule has 118 valence electrons. The second kappa shape index (κ2) is 4.93. The molecule has 0 saturated carbocycles. The van der Waals surface area contributed by atoms with Crippen LogP contribution in [0.15, 0.2) is 36.4 Å². The summed E-state index contributed by atoms with van der Waals surface area (Å²) in [6, 6.07) is 4.53. The molecular weight excluding hydrogens is 317 g/mol. The maximum absolute atomic E-state index is 14.4. The van der Waals surface area contributed by atoms with E-state index in [0.717, 1.165) is 36.4 Å². The van der Waals surface area contributed by atoms with Crippen LogP contribution < -0.4 is 0 Å². The highest BCUT2D eigenvalue weighted by molar-refractivity contribution is 5.49. The van der Waals surface area contributed by atoms with Gasteiger partial charge < -0.3 is 15.2 Å². The Morgan fingerprint density at radius 3 is 2.39 bits per heavy atom. The van der Waals surface area contributed by atoms with Crippen LogP contribution in [0, 0.1) is 15.9 Å². The molecule has 0 aliphatic heterocycles. The van der Waals surface area contributed by atoms with Crippen molar-refractivity contribution in [3.05, 3.63) is 63.7 Å². The van der Waals surface area contributed by atoms with Gasteiger partial charge in [0.25, 0.3) is 0 Å². The molecule has 2 heterocycles. The number of nitro groups is 1. The van der Waals surface area contributed by atoms with Gasteiger partial charge in [0.05, 0.1) is 0 Å². The van der Waals surface area contributed by atoms with Gasteiger partial charge in [-0.2, -0.15) is 18.7 Å². The van der Waals surface area contributed by atoms with Crippen molar-refractivity contribution in [1.82, 2.24) is 14.4 Å². The van der Waals surface area contributed by atoms with E-state index in [2.05, 4.69) is 9.97 Å². The molecule has 0 amide bonds. The Morgan fingerprint density at radius 1 is 1.13 bits per heavy atom.